The highest BCUT2D eigenvalue weighted by molar-refractivity contribution is 7.93. The van der Waals surface area contributed by atoms with Gasteiger partial charge in [-0.1, -0.05) is 41.9 Å². The second-order valence-electron chi connectivity index (χ2n) is 4.07. The Balaban J connectivity index is 2.00. The number of thiophene rings is 1. The van der Waals surface area contributed by atoms with Crippen molar-refractivity contribution >= 4 is 56.0 Å². The Hall–Kier alpha value is -1.35. The first kappa shape index (κ1) is 16.0. The van der Waals surface area contributed by atoms with Crippen LogP contribution in [0.3, 0.4) is 0 Å². The molecule has 2 rings (SSSR count). The van der Waals surface area contributed by atoms with Crippen LogP contribution in [-0.4, -0.2) is 13.5 Å². The molecule has 9 heteroatoms. The van der Waals surface area contributed by atoms with Gasteiger partial charge in [0.15, 0.2) is 9.32 Å². The highest BCUT2D eigenvalue weighted by atomic mass is 35.5. The molecule has 0 amide bonds. The number of thiocarbonyl (C=S) groups is 1. The van der Waals surface area contributed by atoms with Gasteiger partial charge in [0.05, 0.1) is 10.0 Å². The lowest BCUT2D eigenvalue weighted by Crippen LogP contribution is -2.38. The third-order valence-corrected chi connectivity index (χ3v) is 6.02. The Morgan fingerprint density at radius 3 is 2.57 bits per heavy atom. The molecule has 0 bridgehead atoms. The zero-order valence-electron chi connectivity index (χ0n) is 10.7. The molecule has 5 nitrogen and oxygen atoms in total. The minimum atomic E-state index is -3.82. The first-order chi connectivity index (χ1) is 9.88. The molecular weight excluding hydrogens is 350 g/mol. The highest BCUT2D eigenvalue weighted by Gasteiger charge is 2.21. The SMILES string of the molecule is Nc1cc(Cl)sc1S(=O)(=O)NC(=S)NCc1ccccc1. The van der Waals surface area contributed by atoms with E-state index in [4.69, 9.17) is 29.6 Å². The predicted molar refractivity (Wildman–Crippen MR) is 89.9 cm³/mol. The van der Waals surface area contributed by atoms with Crippen LogP contribution in [0.15, 0.2) is 40.6 Å². The van der Waals surface area contributed by atoms with Crippen molar-refractivity contribution < 1.29 is 8.42 Å². The second-order valence-corrected chi connectivity index (χ2v) is 8.04. The smallest absolute Gasteiger partial charge is 0.275 e. The quantitative estimate of drug-likeness (QED) is 0.728. The molecule has 0 fully saturated rings. The van der Waals surface area contributed by atoms with Crippen LogP contribution in [0.2, 0.25) is 4.34 Å². The number of sulfonamides is 1. The number of hydrogen-bond acceptors (Lipinski definition) is 5. The van der Waals surface area contributed by atoms with Crippen molar-refractivity contribution in [1.29, 1.82) is 0 Å². The minimum Gasteiger partial charge on any atom is -0.397 e. The van der Waals surface area contributed by atoms with Crippen LogP contribution < -0.4 is 15.8 Å². The summed E-state index contributed by atoms with van der Waals surface area (Å²) in [6, 6.07) is 10.9. The second kappa shape index (κ2) is 6.61. The van der Waals surface area contributed by atoms with E-state index in [1.165, 1.54) is 6.07 Å². The molecule has 0 atom stereocenters. The summed E-state index contributed by atoms with van der Waals surface area (Å²) in [7, 11) is -3.82. The zero-order chi connectivity index (χ0) is 15.5. The van der Waals surface area contributed by atoms with E-state index in [0.717, 1.165) is 16.9 Å². The van der Waals surface area contributed by atoms with Crippen LogP contribution in [0.25, 0.3) is 0 Å². The fraction of sp³-hybridized carbons (Fsp3) is 0.0833. The number of nitrogen functional groups attached to an aromatic ring is 1. The van der Waals surface area contributed by atoms with E-state index in [1.54, 1.807) is 0 Å². The lowest BCUT2D eigenvalue weighted by Gasteiger charge is -2.10. The maximum atomic E-state index is 12.1. The molecule has 1 aromatic carbocycles. The first-order valence-corrected chi connectivity index (χ1v) is 8.86. The Morgan fingerprint density at radius 1 is 1.33 bits per heavy atom. The van der Waals surface area contributed by atoms with Gasteiger partial charge in [-0.15, -0.1) is 11.3 Å². The molecule has 0 aliphatic heterocycles. The number of nitrogens with one attached hydrogen (secondary N) is 2. The molecule has 0 saturated carbocycles. The molecule has 1 heterocycles. The van der Waals surface area contributed by atoms with Gasteiger partial charge in [-0.2, -0.15) is 0 Å². The summed E-state index contributed by atoms with van der Waals surface area (Å²) in [6.07, 6.45) is 0. The molecule has 0 saturated heterocycles. The van der Waals surface area contributed by atoms with Crippen LogP contribution in [0.5, 0.6) is 0 Å². The van der Waals surface area contributed by atoms with Gasteiger partial charge in [-0.3, -0.25) is 4.72 Å². The molecule has 2 aromatic rings. The van der Waals surface area contributed by atoms with Crippen molar-refractivity contribution in [1.82, 2.24) is 10.0 Å². The summed E-state index contributed by atoms with van der Waals surface area (Å²) in [4.78, 5) is 0. The van der Waals surface area contributed by atoms with Crippen LogP contribution in [-0.2, 0) is 16.6 Å². The summed E-state index contributed by atoms with van der Waals surface area (Å²) in [5.41, 5.74) is 6.70. The lowest BCUT2D eigenvalue weighted by molar-refractivity contribution is 0.594. The molecular formula is C12H12ClN3O2S3. The maximum Gasteiger partial charge on any atom is 0.275 e. The summed E-state index contributed by atoms with van der Waals surface area (Å²) in [5, 5.41) is 2.83. The van der Waals surface area contributed by atoms with Crippen LogP contribution in [0.1, 0.15) is 5.56 Å². The van der Waals surface area contributed by atoms with Crippen molar-refractivity contribution in [2.45, 2.75) is 10.8 Å². The van der Waals surface area contributed by atoms with Gasteiger partial charge in [-0.25, -0.2) is 8.42 Å². The van der Waals surface area contributed by atoms with Gasteiger partial charge in [0, 0.05) is 6.54 Å². The van der Waals surface area contributed by atoms with Gasteiger partial charge in [-0.05, 0) is 23.8 Å². The summed E-state index contributed by atoms with van der Waals surface area (Å²) >= 11 is 11.6. The summed E-state index contributed by atoms with van der Waals surface area (Å²) < 4.78 is 26.8. The molecule has 112 valence electrons. The van der Waals surface area contributed by atoms with Gasteiger partial charge < -0.3 is 11.1 Å². The molecule has 1 aromatic heterocycles. The Bertz CT molecular complexity index is 744. The van der Waals surface area contributed by atoms with E-state index in [0.29, 0.717) is 10.9 Å². The first-order valence-electron chi connectivity index (χ1n) is 5.78. The average molecular weight is 362 g/mol. The van der Waals surface area contributed by atoms with E-state index in [1.807, 2.05) is 30.3 Å². The van der Waals surface area contributed by atoms with Gasteiger partial charge in [0.1, 0.15) is 0 Å². The van der Waals surface area contributed by atoms with Crippen LogP contribution in [0.4, 0.5) is 5.69 Å². The molecule has 0 aliphatic rings. The molecule has 0 unspecified atom stereocenters. The number of nitrogens with two attached hydrogens (primary N) is 1. The third-order valence-electron chi connectivity index (χ3n) is 2.46. The van der Waals surface area contributed by atoms with Crippen molar-refractivity contribution in [2.75, 3.05) is 5.73 Å². The number of anilines is 1. The van der Waals surface area contributed by atoms with Crippen molar-refractivity contribution in [3.8, 4) is 0 Å². The number of halogens is 1. The van der Waals surface area contributed by atoms with Gasteiger partial charge >= 0.3 is 0 Å². The van der Waals surface area contributed by atoms with Crippen molar-refractivity contribution in [3.63, 3.8) is 0 Å². The monoisotopic (exact) mass is 361 g/mol. The van der Waals surface area contributed by atoms with Gasteiger partial charge in [0.2, 0.25) is 0 Å². The maximum absolute atomic E-state index is 12.1. The van der Waals surface area contributed by atoms with E-state index in [9.17, 15) is 8.42 Å². The van der Waals surface area contributed by atoms with Crippen LogP contribution in [0, 0.1) is 0 Å². The molecule has 0 aliphatic carbocycles. The summed E-state index contributed by atoms with van der Waals surface area (Å²) in [6.45, 7) is 0.420. The Kier molecular flexibility index (Phi) is 5.04. The summed E-state index contributed by atoms with van der Waals surface area (Å²) in [5.74, 6) is 0. The fourth-order valence-electron chi connectivity index (χ4n) is 1.55. The van der Waals surface area contributed by atoms with Crippen molar-refractivity contribution in [2.24, 2.45) is 0 Å². The minimum absolute atomic E-state index is 0.00257. The zero-order valence-corrected chi connectivity index (χ0v) is 13.9. The van der Waals surface area contributed by atoms with Crippen molar-refractivity contribution in [3.05, 3.63) is 46.3 Å². The lowest BCUT2D eigenvalue weighted by atomic mass is 10.2. The van der Waals surface area contributed by atoms with E-state index >= 15 is 0 Å². The van der Waals surface area contributed by atoms with E-state index in [2.05, 4.69) is 10.0 Å². The van der Waals surface area contributed by atoms with Gasteiger partial charge in [0.25, 0.3) is 10.0 Å². The van der Waals surface area contributed by atoms with E-state index in [-0.39, 0.29) is 15.0 Å². The predicted octanol–water partition coefficient (Wildman–Crippen LogP) is 2.34. The number of rotatable bonds is 4. The largest absolute Gasteiger partial charge is 0.397 e. The standard InChI is InChI=1S/C12H12ClN3O2S3/c13-10-6-9(14)11(20-10)21(17,18)16-12(19)15-7-8-4-2-1-3-5-8/h1-6H,7,14H2,(H2,15,16,19). The molecule has 0 spiro atoms. The number of benzene rings is 1. The normalized spacial score (nSPS) is 11.1. The fourth-order valence-corrected chi connectivity index (χ4v) is 4.59. The third kappa shape index (κ3) is 4.31. The highest BCUT2D eigenvalue weighted by Crippen LogP contribution is 2.32. The topological polar surface area (TPSA) is 84.2 Å². The number of hydrogen-bond donors (Lipinski definition) is 3. The Labute approximate surface area is 137 Å². The van der Waals surface area contributed by atoms with E-state index < -0.39 is 10.0 Å². The molecule has 4 N–H and O–H groups in total. The Morgan fingerprint density at radius 2 is 2.00 bits per heavy atom. The molecule has 0 radical (unpaired) electrons. The molecule has 21 heavy (non-hydrogen) atoms. The van der Waals surface area contributed by atoms with Crippen LogP contribution >= 0.6 is 35.2 Å². The average Bonchev–Trinajstić information content (AvgIpc) is 2.77.